The Kier molecular flexibility index (Phi) is 5.14. The second-order valence-electron chi connectivity index (χ2n) is 8.75. The first-order chi connectivity index (χ1) is 16.7. The minimum absolute atomic E-state index is 0.464. The van der Waals surface area contributed by atoms with Gasteiger partial charge in [-0.3, -0.25) is 10.00 Å². The Morgan fingerprint density at radius 3 is 2.79 bits per heavy atom. The van der Waals surface area contributed by atoms with E-state index < -0.39 is 6.09 Å². The smallest absolute Gasteiger partial charge is 0.437 e. The van der Waals surface area contributed by atoms with Crippen molar-refractivity contribution >= 4 is 22.8 Å². The molecule has 6 rings (SSSR count). The maximum Gasteiger partial charge on any atom is 0.437 e. The average Bonchev–Trinajstić information content (AvgIpc) is 3.76. The van der Waals surface area contributed by atoms with Crippen LogP contribution in [0.15, 0.2) is 48.9 Å². The van der Waals surface area contributed by atoms with Gasteiger partial charge in [-0.25, -0.2) is 14.8 Å². The lowest BCUT2D eigenvalue weighted by atomic mass is 10.2. The molecular formula is C24H25N7O3. The van der Waals surface area contributed by atoms with Gasteiger partial charge in [0, 0.05) is 41.9 Å². The third kappa shape index (κ3) is 4.32. The summed E-state index contributed by atoms with van der Waals surface area (Å²) >= 11 is 0. The van der Waals surface area contributed by atoms with Crippen molar-refractivity contribution in [1.29, 1.82) is 0 Å². The Morgan fingerprint density at radius 2 is 2.00 bits per heavy atom. The Morgan fingerprint density at radius 1 is 1.12 bits per heavy atom. The van der Waals surface area contributed by atoms with Crippen molar-refractivity contribution in [1.82, 2.24) is 29.8 Å². The second kappa shape index (κ2) is 8.45. The molecule has 4 aromatic rings. The summed E-state index contributed by atoms with van der Waals surface area (Å²) in [6, 6.07) is 11.6. The van der Waals surface area contributed by atoms with Gasteiger partial charge in [0.2, 0.25) is 5.88 Å². The number of hydrogen-bond donors (Lipinski definition) is 2. The highest BCUT2D eigenvalue weighted by atomic mass is 16.7. The normalized spacial score (nSPS) is 15.4. The van der Waals surface area contributed by atoms with Crippen molar-refractivity contribution in [2.75, 3.05) is 12.4 Å². The molecule has 174 valence electrons. The van der Waals surface area contributed by atoms with Crippen LogP contribution in [0.4, 0.5) is 10.6 Å². The lowest BCUT2D eigenvalue weighted by Gasteiger charge is -2.08. The molecule has 2 aliphatic carbocycles. The third-order valence-corrected chi connectivity index (χ3v) is 5.97. The van der Waals surface area contributed by atoms with E-state index in [1.165, 1.54) is 29.6 Å². The first-order valence-corrected chi connectivity index (χ1v) is 11.5. The van der Waals surface area contributed by atoms with Gasteiger partial charge in [-0.1, -0.05) is 0 Å². The number of carbonyl (C=O) groups excluding carboxylic acids is 1. The fraction of sp³-hybridized carbons (Fsp3) is 0.333. The van der Waals surface area contributed by atoms with Crippen molar-refractivity contribution in [3.8, 4) is 11.6 Å². The fourth-order valence-corrected chi connectivity index (χ4v) is 4.05. The maximum absolute atomic E-state index is 12.6. The predicted octanol–water partition coefficient (Wildman–Crippen LogP) is 4.01. The van der Waals surface area contributed by atoms with Gasteiger partial charge in [0.05, 0.1) is 17.3 Å². The van der Waals surface area contributed by atoms with Crippen LogP contribution in [0.3, 0.4) is 0 Å². The van der Waals surface area contributed by atoms with Gasteiger partial charge in [0.1, 0.15) is 12.1 Å². The number of nitrogens with one attached hydrogen (secondary N) is 2. The molecule has 0 saturated heterocycles. The highest BCUT2D eigenvalue weighted by molar-refractivity contribution is 5.86. The lowest BCUT2D eigenvalue weighted by Crippen LogP contribution is -2.24. The van der Waals surface area contributed by atoms with Crippen molar-refractivity contribution < 1.29 is 14.4 Å². The van der Waals surface area contributed by atoms with Crippen LogP contribution in [0, 0.1) is 0 Å². The first kappa shape index (κ1) is 20.7. The van der Waals surface area contributed by atoms with Gasteiger partial charge >= 0.3 is 6.09 Å². The number of carbonyl (C=O) groups is 1. The number of fused-ring (bicyclic) bond motifs is 1. The van der Waals surface area contributed by atoms with Crippen LogP contribution in [0.5, 0.6) is 11.6 Å². The number of aromatic nitrogens is 5. The number of benzene rings is 1. The van der Waals surface area contributed by atoms with Crippen LogP contribution in [-0.2, 0) is 6.54 Å². The van der Waals surface area contributed by atoms with Crippen molar-refractivity contribution in [2.45, 2.75) is 44.2 Å². The SMILES string of the molecule is CNCc1cc(Oc2ccc3c(ccn3OC(=O)Nc3cc(C4CC4)n(C4CC4)n3)c2)ncn1. The molecule has 3 aromatic heterocycles. The summed E-state index contributed by atoms with van der Waals surface area (Å²) in [5.74, 6) is 2.20. The van der Waals surface area contributed by atoms with Crippen LogP contribution in [0.1, 0.15) is 49.0 Å². The molecule has 3 heterocycles. The summed E-state index contributed by atoms with van der Waals surface area (Å²) in [5, 5.41) is 11.3. The van der Waals surface area contributed by atoms with Crippen molar-refractivity contribution in [3.05, 3.63) is 60.3 Å². The number of anilines is 1. The van der Waals surface area contributed by atoms with Gasteiger partial charge < -0.3 is 14.9 Å². The monoisotopic (exact) mass is 459 g/mol. The molecule has 34 heavy (non-hydrogen) atoms. The van der Waals surface area contributed by atoms with Gasteiger partial charge in [-0.05, 0) is 57.0 Å². The van der Waals surface area contributed by atoms with Gasteiger partial charge in [-0.2, -0.15) is 9.83 Å². The first-order valence-electron chi connectivity index (χ1n) is 11.5. The fourth-order valence-electron chi connectivity index (χ4n) is 4.05. The second-order valence-corrected chi connectivity index (χ2v) is 8.75. The van der Waals surface area contributed by atoms with E-state index in [4.69, 9.17) is 9.57 Å². The lowest BCUT2D eigenvalue weighted by molar-refractivity contribution is 0.153. The molecule has 2 saturated carbocycles. The summed E-state index contributed by atoms with van der Waals surface area (Å²) in [6.07, 6.45) is 7.28. The van der Waals surface area contributed by atoms with E-state index in [0.717, 1.165) is 29.4 Å². The van der Waals surface area contributed by atoms with Gasteiger partial charge in [0.25, 0.3) is 0 Å². The minimum atomic E-state index is -0.585. The zero-order chi connectivity index (χ0) is 23.1. The number of amides is 1. The van der Waals surface area contributed by atoms with E-state index in [2.05, 4.69) is 30.4 Å². The van der Waals surface area contributed by atoms with E-state index in [1.54, 1.807) is 18.3 Å². The molecule has 2 fully saturated rings. The molecule has 1 aromatic carbocycles. The molecule has 0 atom stereocenters. The molecule has 0 unspecified atom stereocenters. The van der Waals surface area contributed by atoms with Crippen molar-refractivity contribution in [3.63, 3.8) is 0 Å². The highest BCUT2D eigenvalue weighted by Gasteiger charge is 2.34. The molecule has 0 aliphatic heterocycles. The van der Waals surface area contributed by atoms with Gasteiger partial charge in [-0.15, -0.1) is 0 Å². The van der Waals surface area contributed by atoms with Crippen LogP contribution in [-0.4, -0.2) is 37.6 Å². The number of ether oxygens (including phenoxy) is 1. The molecular weight excluding hydrogens is 434 g/mol. The molecule has 0 spiro atoms. The molecule has 0 radical (unpaired) electrons. The molecule has 10 heteroatoms. The molecule has 10 nitrogen and oxygen atoms in total. The van der Waals surface area contributed by atoms with E-state index in [1.807, 2.05) is 31.3 Å². The Bertz CT molecular complexity index is 1320. The van der Waals surface area contributed by atoms with E-state index >= 15 is 0 Å². The number of nitrogens with zero attached hydrogens (tertiary/aromatic N) is 5. The van der Waals surface area contributed by atoms with Crippen LogP contribution < -0.4 is 20.2 Å². The summed E-state index contributed by atoms with van der Waals surface area (Å²) in [6.45, 7) is 0.628. The summed E-state index contributed by atoms with van der Waals surface area (Å²) in [4.78, 5) is 26.4. The number of hydrogen-bond acceptors (Lipinski definition) is 7. The molecule has 0 bridgehead atoms. The Labute approximate surface area is 195 Å². The van der Waals surface area contributed by atoms with Crippen LogP contribution >= 0.6 is 0 Å². The standard InChI is InChI=1S/C24H25N7O3/c1-25-13-17-11-23(27-14-26-17)33-19-6-7-20-16(10-19)8-9-30(20)34-24(32)28-22-12-21(15-2-3-15)31(29-22)18-4-5-18/h6-12,14-15,18,25H,2-5,13H2,1H3,(H,28,29,32). The van der Waals surface area contributed by atoms with Crippen LogP contribution in [0.25, 0.3) is 10.9 Å². The van der Waals surface area contributed by atoms with E-state index in [0.29, 0.717) is 36.0 Å². The average molecular weight is 460 g/mol. The predicted molar refractivity (Wildman–Crippen MR) is 125 cm³/mol. The van der Waals surface area contributed by atoms with Crippen molar-refractivity contribution in [2.24, 2.45) is 0 Å². The molecule has 1 amide bonds. The Balaban J connectivity index is 1.14. The van der Waals surface area contributed by atoms with E-state index in [9.17, 15) is 4.79 Å². The zero-order valence-corrected chi connectivity index (χ0v) is 18.8. The summed E-state index contributed by atoms with van der Waals surface area (Å²) < 4.78 is 9.40. The van der Waals surface area contributed by atoms with Crippen LogP contribution in [0.2, 0.25) is 0 Å². The molecule has 2 aliphatic rings. The largest absolute Gasteiger partial charge is 0.439 e. The Hall–Kier alpha value is -3.92. The van der Waals surface area contributed by atoms with Gasteiger partial charge in [0.15, 0.2) is 5.82 Å². The zero-order valence-electron chi connectivity index (χ0n) is 18.8. The minimum Gasteiger partial charge on any atom is -0.439 e. The topological polar surface area (TPSA) is 108 Å². The quantitative estimate of drug-likeness (QED) is 0.410. The summed E-state index contributed by atoms with van der Waals surface area (Å²) in [5.41, 5.74) is 2.80. The highest BCUT2D eigenvalue weighted by Crippen LogP contribution is 2.45. The summed E-state index contributed by atoms with van der Waals surface area (Å²) in [7, 11) is 1.86. The van der Waals surface area contributed by atoms with E-state index in [-0.39, 0.29) is 0 Å². The molecule has 2 N–H and O–H groups in total. The maximum atomic E-state index is 12.6. The number of rotatable bonds is 8. The third-order valence-electron chi connectivity index (χ3n) is 5.97.